The number of aryl methyl sites for hydroxylation is 2. The molecule has 0 aliphatic heterocycles. The van der Waals surface area contributed by atoms with Crippen LogP contribution in [0.5, 0.6) is 0 Å². The smallest absolute Gasteiger partial charge is 0.308 e. The Kier molecular flexibility index (Phi) is 9.49. The van der Waals surface area contributed by atoms with Gasteiger partial charge in [-0.15, -0.1) is 0 Å². The predicted octanol–water partition coefficient (Wildman–Crippen LogP) is 16.1. The third-order valence-corrected chi connectivity index (χ3v) is 12.4. The van der Waals surface area contributed by atoms with Gasteiger partial charge in [0.15, 0.2) is 0 Å². The summed E-state index contributed by atoms with van der Waals surface area (Å²) in [5, 5.41) is 13.8. The van der Waals surface area contributed by atoms with E-state index in [1.54, 1.807) is 27.3 Å². The molecule has 1 aliphatic carbocycles. The maximum absolute atomic E-state index is 15.6. The first kappa shape index (κ1) is 40.7. The van der Waals surface area contributed by atoms with Crippen molar-refractivity contribution in [1.29, 1.82) is 5.26 Å². The quantitative estimate of drug-likeness (QED) is 0.159. The van der Waals surface area contributed by atoms with Gasteiger partial charge in [-0.3, -0.25) is 0 Å². The van der Waals surface area contributed by atoms with Gasteiger partial charge in [-0.1, -0.05) is 121 Å². The molecule has 3 nitrogen and oxygen atoms in total. The first-order valence-electron chi connectivity index (χ1n) is 21.0. The van der Waals surface area contributed by atoms with E-state index in [9.17, 15) is 5.26 Å². The summed E-state index contributed by atoms with van der Waals surface area (Å²) >= 11 is 0. The summed E-state index contributed by atoms with van der Waals surface area (Å²) < 4.78 is 97.0. The Morgan fingerprint density at radius 1 is 0.531 bits per heavy atom. The Hall–Kier alpha value is -7.31. The molecule has 1 unspecified atom stereocenters. The normalized spacial score (nSPS) is 14.7. The molecule has 9 heteroatoms. The fourth-order valence-corrected chi connectivity index (χ4v) is 10.00. The summed E-state index contributed by atoms with van der Waals surface area (Å²) in [5.74, 6) is 0.254. The van der Waals surface area contributed by atoms with Crippen LogP contribution >= 0.6 is 0 Å². The molecule has 64 heavy (non-hydrogen) atoms. The average Bonchev–Trinajstić information content (AvgIpc) is 3.76. The molecule has 0 radical (unpaired) electrons. The molecule has 316 valence electrons. The number of nitrogens with zero attached hydrogens (tertiary/aromatic N) is 3. The van der Waals surface area contributed by atoms with Crippen LogP contribution in [0.2, 0.25) is 0 Å². The summed E-state index contributed by atoms with van der Waals surface area (Å²) in [6, 6.07) is 39.9. The maximum atomic E-state index is 15.6. The molecule has 0 spiro atoms. The van der Waals surface area contributed by atoms with E-state index in [1.807, 2.05) is 99.6 Å². The van der Waals surface area contributed by atoms with Gasteiger partial charge in [0, 0.05) is 32.7 Å². The van der Waals surface area contributed by atoms with Gasteiger partial charge in [-0.25, -0.2) is 0 Å². The number of allylic oxidation sites excluding steroid dienone is 4. The van der Waals surface area contributed by atoms with Gasteiger partial charge >= 0.3 is 12.4 Å². The van der Waals surface area contributed by atoms with Crippen LogP contribution in [0.4, 0.5) is 26.3 Å². The van der Waals surface area contributed by atoms with Gasteiger partial charge in [0.25, 0.3) is 0 Å². The highest BCUT2D eigenvalue weighted by Gasteiger charge is 2.43. The van der Waals surface area contributed by atoms with Crippen molar-refractivity contribution >= 4 is 49.2 Å². The van der Waals surface area contributed by atoms with E-state index in [0.717, 1.165) is 73.0 Å². The van der Waals surface area contributed by atoms with Crippen LogP contribution in [0.3, 0.4) is 0 Å². The maximum Gasteiger partial charge on any atom is 0.417 e. The van der Waals surface area contributed by atoms with Crippen molar-refractivity contribution < 1.29 is 26.3 Å². The Morgan fingerprint density at radius 2 is 1.03 bits per heavy atom. The topological polar surface area (TPSA) is 33.6 Å². The van der Waals surface area contributed by atoms with Crippen molar-refractivity contribution in [1.82, 2.24) is 9.13 Å². The highest BCUT2D eigenvalue weighted by atomic mass is 19.4. The molecule has 1 atom stereocenters. The average molecular weight is 856 g/mol. The number of alkyl halides is 6. The molecule has 1 aliphatic rings. The van der Waals surface area contributed by atoms with E-state index in [2.05, 4.69) is 31.2 Å². The van der Waals surface area contributed by atoms with Gasteiger partial charge < -0.3 is 9.13 Å². The van der Waals surface area contributed by atoms with Crippen molar-refractivity contribution in [2.24, 2.45) is 5.92 Å². The molecule has 0 saturated carbocycles. The summed E-state index contributed by atoms with van der Waals surface area (Å²) in [6.07, 6.45) is -5.37. The number of hydrogen-bond acceptors (Lipinski definition) is 1. The fraction of sp³-hybridized carbons (Fsp3) is 0.145. The second kappa shape index (κ2) is 14.9. The van der Waals surface area contributed by atoms with Crippen LogP contribution in [0.15, 0.2) is 151 Å². The summed E-state index contributed by atoms with van der Waals surface area (Å²) in [4.78, 5) is 0. The molecule has 0 fully saturated rings. The van der Waals surface area contributed by atoms with Gasteiger partial charge in [0.05, 0.1) is 56.2 Å². The van der Waals surface area contributed by atoms with E-state index in [0.29, 0.717) is 34.2 Å². The van der Waals surface area contributed by atoms with Gasteiger partial charge in [-0.05, 0) is 104 Å². The SMILES string of the molecule is CC1=CC(C)CC(c2ccc3c4ccccc4n(-c4cc(C#N)cc(-n5c6ccccc6c6ccc(-c7cc(C)cc(C)c7)cc65)c4-c4c(C(F)(F)F)cccc4C(F)(F)F)c3c2)=C1. The molecule has 10 rings (SSSR count). The van der Waals surface area contributed by atoms with E-state index >= 15 is 26.3 Å². The highest BCUT2D eigenvalue weighted by molar-refractivity contribution is 6.13. The Bertz CT molecular complexity index is 3460. The molecular weight excluding hydrogens is 817 g/mol. The first-order valence-corrected chi connectivity index (χ1v) is 21.0. The lowest BCUT2D eigenvalue weighted by Gasteiger charge is -2.25. The minimum absolute atomic E-state index is 0.00179. The molecule has 7 aromatic carbocycles. The Labute approximate surface area is 365 Å². The van der Waals surface area contributed by atoms with Gasteiger partial charge in [-0.2, -0.15) is 31.6 Å². The van der Waals surface area contributed by atoms with Crippen molar-refractivity contribution in [3.8, 4) is 39.7 Å². The molecule has 0 bridgehead atoms. The van der Waals surface area contributed by atoms with Crippen LogP contribution in [0, 0.1) is 31.1 Å². The molecule has 0 amide bonds. The lowest BCUT2D eigenvalue weighted by Crippen LogP contribution is -2.16. The number of para-hydroxylation sites is 2. The van der Waals surface area contributed by atoms with Gasteiger partial charge in [0.2, 0.25) is 0 Å². The molecule has 0 saturated heterocycles. The summed E-state index contributed by atoms with van der Waals surface area (Å²) in [6.45, 7) is 8.14. The monoisotopic (exact) mass is 855 g/mol. The van der Waals surface area contributed by atoms with Crippen LogP contribution < -0.4 is 0 Å². The lowest BCUT2D eigenvalue weighted by atomic mass is 9.88. The largest absolute Gasteiger partial charge is 0.417 e. The van der Waals surface area contributed by atoms with E-state index in [4.69, 9.17) is 0 Å². The van der Waals surface area contributed by atoms with Crippen molar-refractivity contribution in [2.75, 3.05) is 0 Å². The Balaban J connectivity index is 1.42. The first-order chi connectivity index (χ1) is 30.6. The molecule has 9 aromatic rings. The van der Waals surface area contributed by atoms with Crippen LogP contribution in [-0.2, 0) is 12.4 Å². The molecule has 2 aromatic heterocycles. The zero-order valence-corrected chi connectivity index (χ0v) is 35.3. The van der Waals surface area contributed by atoms with Crippen LogP contribution in [0.1, 0.15) is 53.6 Å². The third kappa shape index (κ3) is 6.76. The lowest BCUT2D eigenvalue weighted by molar-refractivity contribution is -0.142. The number of hydrogen-bond donors (Lipinski definition) is 0. The number of halogens is 6. The minimum Gasteiger partial charge on any atom is -0.308 e. The highest BCUT2D eigenvalue weighted by Crippen LogP contribution is 2.51. The molecule has 2 heterocycles. The van der Waals surface area contributed by atoms with Crippen molar-refractivity contribution in [3.05, 3.63) is 185 Å². The summed E-state index contributed by atoms with van der Waals surface area (Å²) in [5.41, 5.74) is 4.80. The van der Waals surface area contributed by atoms with E-state index < -0.39 is 29.0 Å². The number of nitriles is 1. The number of fused-ring (bicyclic) bond motifs is 6. The van der Waals surface area contributed by atoms with E-state index in [-0.39, 0.29) is 28.4 Å². The second-order valence-corrected chi connectivity index (χ2v) is 17.0. The number of rotatable bonds is 5. The molecule has 0 N–H and O–H groups in total. The van der Waals surface area contributed by atoms with Crippen LogP contribution in [-0.4, -0.2) is 9.13 Å². The second-order valence-electron chi connectivity index (χ2n) is 17.0. The Morgan fingerprint density at radius 3 is 1.55 bits per heavy atom. The fourth-order valence-electron chi connectivity index (χ4n) is 10.00. The van der Waals surface area contributed by atoms with E-state index in [1.165, 1.54) is 12.1 Å². The number of benzene rings is 7. The third-order valence-electron chi connectivity index (χ3n) is 12.4. The van der Waals surface area contributed by atoms with Gasteiger partial charge in [0.1, 0.15) is 0 Å². The van der Waals surface area contributed by atoms with Crippen molar-refractivity contribution in [3.63, 3.8) is 0 Å². The van der Waals surface area contributed by atoms with Crippen molar-refractivity contribution in [2.45, 2.75) is 46.5 Å². The summed E-state index contributed by atoms with van der Waals surface area (Å²) in [7, 11) is 0. The zero-order valence-electron chi connectivity index (χ0n) is 35.3. The standard InChI is InChI=1S/C55H39F6N3/c1-31-20-32(2)23-38(22-31)36-16-18-42-40-10-5-7-14-46(40)63(48(42)28-36)50-26-35(30-62)27-51(53(50)52-44(54(56,57)58)12-9-13-45(52)55(59,60)61)64-47-15-8-6-11-41(47)43-19-17-37(29-49(43)64)39-24-33(3)21-34(4)25-39/h5-24,26-29,34H,25H2,1-4H3. The minimum atomic E-state index is -5.21. The zero-order chi connectivity index (χ0) is 44.8. The predicted molar refractivity (Wildman–Crippen MR) is 246 cm³/mol. The molecular formula is C55H39F6N3. The number of aromatic nitrogens is 2. The van der Waals surface area contributed by atoms with Crippen LogP contribution in [0.25, 0.3) is 82.8 Å².